The predicted octanol–water partition coefficient (Wildman–Crippen LogP) is 5.90. The summed E-state index contributed by atoms with van der Waals surface area (Å²) in [6.07, 6.45) is 0.652. The summed E-state index contributed by atoms with van der Waals surface area (Å²) in [5.74, 6) is 1.14. The van der Waals surface area contributed by atoms with E-state index in [1.165, 1.54) is 7.11 Å². The zero-order valence-electron chi connectivity index (χ0n) is 18.8. The van der Waals surface area contributed by atoms with Crippen molar-refractivity contribution in [2.24, 2.45) is 0 Å². The van der Waals surface area contributed by atoms with Crippen LogP contribution in [-0.2, 0) is 13.2 Å². The lowest BCUT2D eigenvalue weighted by atomic mass is 9.98. The molecule has 0 heterocycles. The summed E-state index contributed by atoms with van der Waals surface area (Å²) in [5, 5.41) is 0. The minimum Gasteiger partial charge on any atom is -0.493 e. The van der Waals surface area contributed by atoms with Crippen LogP contribution in [0.1, 0.15) is 37.4 Å². The Morgan fingerprint density at radius 1 is 0.735 bits per heavy atom. The van der Waals surface area contributed by atoms with Gasteiger partial charge in [-0.25, -0.2) is 0 Å². The zero-order valence-corrected chi connectivity index (χ0v) is 18.8. The topological polar surface area (TPSA) is 61.8 Å². The average molecular weight is 453 g/mol. The van der Waals surface area contributed by atoms with Gasteiger partial charge >= 0.3 is 0 Å². The van der Waals surface area contributed by atoms with Crippen LogP contribution in [0.2, 0.25) is 0 Å². The van der Waals surface area contributed by atoms with Gasteiger partial charge in [-0.1, -0.05) is 60.7 Å². The minimum absolute atomic E-state index is 0.235. The number of ketones is 1. The monoisotopic (exact) mass is 452 g/mol. The molecule has 0 amide bonds. The first-order chi connectivity index (χ1) is 16.7. The van der Waals surface area contributed by atoms with Gasteiger partial charge < -0.3 is 14.2 Å². The average Bonchev–Trinajstić information content (AvgIpc) is 2.91. The lowest BCUT2D eigenvalue weighted by Gasteiger charge is -2.14. The molecule has 0 unspecified atom stereocenters. The van der Waals surface area contributed by atoms with Crippen LogP contribution in [0.4, 0.5) is 0 Å². The van der Waals surface area contributed by atoms with Crippen molar-refractivity contribution < 1.29 is 23.8 Å². The van der Waals surface area contributed by atoms with Gasteiger partial charge in [0.05, 0.1) is 7.11 Å². The highest BCUT2D eigenvalue weighted by atomic mass is 16.5. The SMILES string of the molecule is COc1cc(C(=O)c2ccc(OCc3ccccc3)cc2)c(C=O)cc1OCc1ccccc1. The van der Waals surface area contributed by atoms with Gasteiger partial charge in [0, 0.05) is 16.7 Å². The molecule has 0 aliphatic carbocycles. The lowest BCUT2D eigenvalue weighted by Crippen LogP contribution is -2.07. The molecule has 0 fully saturated rings. The highest BCUT2D eigenvalue weighted by molar-refractivity contribution is 6.13. The quantitative estimate of drug-likeness (QED) is 0.222. The third-order valence-electron chi connectivity index (χ3n) is 5.31. The number of rotatable bonds is 10. The highest BCUT2D eigenvalue weighted by Crippen LogP contribution is 2.32. The van der Waals surface area contributed by atoms with Crippen molar-refractivity contribution in [1.29, 1.82) is 0 Å². The standard InChI is InChI=1S/C29H24O5/c1-32-27-17-26(24(18-30)16-28(27)34-20-22-10-6-3-7-11-22)29(31)23-12-14-25(15-13-23)33-19-21-8-4-2-5-9-21/h2-18H,19-20H2,1H3. The second kappa shape index (κ2) is 11.0. The van der Waals surface area contributed by atoms with Gasteiger partial charge in [0.1, 0.15) is 19.0 Å². The molecule has 0 N–H and O–H groups in total. The molecule has 4 aromatic rings. The molecule has 4 aromatic carbocycles. The first kappa shape index (κ1) is 22.8. The summed E-state index contributed by atoms with van der Waals surface area (Å²) >= 11 is 0. The van der Waals surface area contributed by atoms with Crippen molar-refractivity contribution in [3.8, 4) is 17.2 Å². The molecule has 0 saturated carbocycles. The van der Waals surface area contributed by atoms with Crippen molar-refractivity contribution in [1.82, 2.24) is 0 Å². The van der Waals surface area contributed by atoms with E-state index in [9.17, 15) is 9.59 Å². The number of benzene rings is 4. The number of carbonyl (C=O) groups excluding carboxylic acids is 2. The van der Waals surface area contributed by atoms with E-state index in [1.54, 1.807) is 36.4 Å². The van der Waals surface area contributed by atoms with Crippen LogP contribution in [-0.4, -0.2) is 19.2 Å². The fourth-order valence-electron chi connectivity index (χ4n) is 3.48. The number of aldehydes is 1. The van der Waals surface area contributed by atoms with E-state index in [-0.39, 0.29) is 16.9 Å². The van der Waals surface area contributed by atoms with E-state index in [2.05, 4.69) is 0 Å². The van der Waals surface area contributed by atoms with Gasteiger partial charge in [-0.15, -0.1) is 0 Å². The largest absolute Gasteiger partial charge is 0.493 e. The van der Waals surface area contributed by atoms with E-state index in [0.29, 0.717) is 42.3 Å². The van der Waals surface area contributed by atoms with E-state index in [4.69, 9.17) is 14.2 Å². The molecule has 34 heavy (non-hydrogen) atoms. The number of hydrogen-bond acceptors (Lipinski definition) is 5. The number of hydrogen-bond donors (Lipinski definition) is 0. The molecular formula is C29H24O5. The molecular weight excluding hydrogens is 428 g/mol. The number of ether oxygens (including phenoxy) is 3. The first-order valence-corrected chi connectivity index (χ1v) is 10.8. The van der Waals surface area contributed by atoms with Crippen LogP contribution in [0, 0.1) is 0 Å². The maximum atomic E-state index is 13.2. The molecule has 0 aromatic heterocycles. The van der Waals surface area contributed by atoms with Crippen molar-refractivity contribution in [3.05, 3.63) is 125 Å². The fourth-order valence-corrected chi connectivity index (χ4v) is 3.48. The van der Waals surface area contributed by atoms with Gasteiger partial charge in [-0.05, 0) is 47.5 Å². The third-order valence-corrected chi connectivity index (χ3v) is 5.31. The Bertz CT molecular complexity index is 1250. The maximum Gasteiger partial charge on any atom is 0.193 e. The Hall–Kier alpha value is -4.38. The zero-order chi connectivity index (χ0) is 23.8. The van der Waals surface area contributed by atoms with Crippen LogP contribution in [0.3, 0.4) is 0 Å². The second-order valence-electron chi connectivity index (χ2n) is 7.61. The summed E-state index contributed by atoms with van der Waals surface area (Å²) in [5.41, 5.74) is 2.96. The minimum atomic E-state index is -0.287. The van der Waals surface area contributed by atoms with Gasteiger partial charge in [0.25, 0.3) is 0 Å². The molecule has 0 aliphatic rings. The Morgan fingerprint density at radius 2 is 1.32 bits per heavy atom. The summed E-state index contributed by atoms with van der Waals surface area (Å²) in [4.78, 5) is 25.0. The molecule has 170 valence electrons. The highest BCUT2D eigenvalue weighted by Gasteiger charge is 2.19. The lowest BCUT2D eigenvalue weighted by molar-refractivity contribution is 0.102. The van der Waals surface area contributed by atoms with Crippen molar-refractivity contribution in [2.75, 3.05) is 7.11 Å². The summed E-state index contributed by atoms with van der Waals surface area (Å²) in [6.45, 7) is 0.748. The molecule has 5 heteroatoms. The van der Waals surface area contributed by atoms with Crippen LogP contribution < -0.4 is 14.2 Å². The van der Waals surface area contributed by atoms with Gasteiger partial charge in [0.2, 0.25) is 0 Å². The molecule has 0 atom stereocenters. The normalized spacial score (nSPS) is 10.4. The molecule has 0 spiro atoms. The first-order valence-electron chi connectivity index (χ1n) is 10.8. The Morgan fingerprint density at radius 3 is 1.88 bits per heavy atom. The van der Waals surface area contributed by atoms with Crippen LogP contribution >= 0.6 is 0 Å². The molecule has 0 aliphatic heterocycles. The summed E-state index contributed by atoms with van der Waals surface area (Å²) < 4.78 is 17.1. The molecule has 4 rings (SSSR count). The van der Waals surface area contributed by atoms with Crippen LogP contribution in [0.15, 0.2) is 97.1 Å². The number of carbonyl (C=O) groups is 2. The second-order valence-corrected chi connectivity index (χ2v) is 7.61. The van der Waals surface area contributed by atoms with Crippen LogP contribution in [0.5, 0.6) is 17.2 Å². The summed E-state index contributed by atoms with van der Waals surface area (Å²) in [7, 11) is 1.50. The van der Waals surface area contributed by atoms with E-state index in [0.717, 1.165) is 11.1 Å². The Kier molecular flexibility index (Phi) is 7.35. The molecule has 0 bridgehead atoms. The maximum absolute atomic E-state index is 13.2. The van der Waals surface area contributed by atoms with Gasteiger partial charge in [-0.3, -0.25) is 9.59 Å². The molecule has 0 saturated heterocycles. The van der Waals surface area contributed by atoms with E-state index < -0.39 is 0 Å². The Balaban J connectivity index is 1.50. The van der Waals surface area contributed by atoms with Crippen molar-refractivity contribution >= 4 is 12.1 Å². The fraction of sp³-hybridized carbons (Fsp3) is 0.103. The predicted molar refractivity (Wildman–Crippen MR) is 130 cm³/mol. The smallest absolute Gasteiger partial charge is 0.193 e. The molecule has 5 nitrogen and oxygen atoms in total. The molecule has 0 radical (unpaired) electrons. The van der Waals surface area contributed by atoms with E-state index >= 15 is 0 Å². The number of methoxy groups -OCH3 is 1. The van der Waals surface area contributed by atoms with E-state index in [1.807, 2.05) is 60.7 Å². The third kappa shape index (κ3) is 5.51. The summed E-state index contributed by atoms with van der Waals surface area (Å²) in [6, 6.07) is 29.4. The Labute approximate surface area is 198 Å². The van der Waals surface area contributed by atoms with Crippen LogP contribution in [0.25, 0.3) is 0 Å². The van der Waals surface area contributed by atoms with Gasteiger partial charge in [0.15, 0.2) is 23.6 Å². The van der Waals surface area contributed by atoms with Crippen molar-refractivity contribution in [2.45, 2.75) is 13.2 Å². The van der Waals surface area contributed by atoms with Crippen molar-refractivity contribution in [3.63, 3.8) is 0 Å². The van der Waals surface area contributed by atoms with Gasteiger partial charge in [-0.2, -0.15) is 0 Å².